The van der Waals surface area contributed by atoms with Gasteiger partial charge in [0.15, 0.2) is 0 Å². The Kier molecular flexibility index (Phi) is 6.17. The number of aromatic carboxylic acids is 1. The molecule has 1 atom stereocenters. The Morgan fingerprint density at radius 1 is 1.31 bits per heavy atom. The van der Waals surface area contributed by atoms with Crippen LogP contribution in [0.4, 0.5) is 0 Å². The second-order valence-corrected chi connectivity index (χ2v) is 7.35. The Labute approximate surface area is 159 Å². The highest BCUT2D eigenvalue weighted by Crippen LogP contribution is 2.29. The maximum absolute atomic E-state index is 11.2. The van der Waals surface area contributed by atoms with Crippen LogP contribution in [0.15, 0.2) is 42.5 Å². The molecular formula is C21H24ClNO3. The molecule has 2 aromatic rings. The summed E-state index contributed by atoms with van der Waals surface area (Å²) in [6.45, 7) is 2.82. The van der Waals surface area contributed by atoms with E-state index < -0.39 is 5.97 Å². The summed E-state index contributed by atoms with van der Waals surface area (Å²) in [5, 5.41) is 9.89. The molecule has 26 heavy (non-hydrogen) atoms. The molecule has 1 N–H and O–H groups in total. The van der Waals surface area contributed by atoms with Gasteiger partial charge in [-0.3, -0.25) is 4.90 Å². The van der Waals surface area contributed by atoms with Gasteiger partial charge in [-0.2, -0.15) is 0 Å². The van der Waals surface area contributed by atoms with Crippen LogP contribution in [0.3, 0.4) is 0 Å². The van der Waals surface area contributed by atoms with Crippen LogP contribution < -0.4 is 4.74 Å². The van der Waals surface area contributed by atoms with Crippen LogP contribution in [-0.2, 0) is 13.0 Å². The highest BCUT2D eigenvalue weighted by molar-refractivity contribution is 6.30. The monoisotopic (exact) mass is 373 g/mol. The van der Waals surface area contributed by atoms with Crippen LogP contribution in [0.2, 0.25) is 5.02 Å². The number of carboxylic acids is 1. The van der Waals surface area contributed by atoms with Gasteiger partial charge in [0.2, 0.25) is 0 Å². The third kappa shape index (κ3) is 4.77. The fraction of sp³-hybridized carbons (Fsp3) is 0.381. The highest BCUT2D eigenvalue weighted by Gasteiger charge is 2.22. The van der Waals surface area contributed by atoms with Gasteiger partial charge >= 0.3 is 5.97 Å². The Bertz CT molecular complexity index is 778. The fourth-order valence-electron chi connectivity index (χ4n) is 3.74. The Morgan fingerprint density at radius 3 is 2.92 bits per heavy atom. The average molecular weight is 374 g/mol. The number of hydrogen-bond acceptors (Lipinski definition) is 3. The second-order valence-electron chi connectivity index (χ2n) is 6.91. The number of piperidine rings is 1. The predicted molar refractivity (Wildman–Crippen MR) is 103 cm³/mol. The quantitative estimate of drug-likeness (QED) is 0.809. The van der Waals surface area contributed by atoms with Gasteiger partial charge in [-0.15, -0.1) is 0 Å². The zero-order valence-electron chi connectivity index (χ0n) is 15.0. The first-order valence-electron chi connectivity index (χ1n) is 8.92. The Balaban J connectivity index is 1.65. The predicted octanol–water partition coefficient (Wildman–Crippen LogP) is 4.50. The molecule has 1 heterocycles. The number of ether oxygens (including phenoxy) is 1. The van der Waals surface area contributed by atoms with E-state index in [-0.39, 0.29) is 0 Å². The van der Waals surface area contributed by atoms with Crippen LogP contribution >= 0.6 is 11.6 Å². The SMILES string of the molecule is COc1ccc(Cl)cc1CC1CCCN(Cc2cccc(C(=O)O)c2)C1. The Morgan fingerprint density at radius 2 is 2.15 bits per heavy atom. The van der Waals surface area contributed by atoms with Crippen molar-refractivity contribution < 1.29 is 14.6 Å². The van der Waals surface area contributed by atoms with Gasteiger partial charge in [0.05, 0.1) is 12.7 Å². The molecule has 0 radical (unpaired) electrons. The lowest BCUT2D eigenvalue weighted by Crippen LogP contribution is -2.35. The van der Waals surface area contributed by atoms with Crippen molar-refractivity contribution in [3.63, 3.8) is 0 Å². The maximum Gasteiger partial charge on any atom is 0.335 e. The number of halogens is 1. The van der Waals surface area contributed by atoms with Crippen LogP contribution in [-0.4, -0.2) is 36.2 Å². The van der Waals surface area contributed by atoms with E-state index in [0.29, 0.717) is 11.5 Å². The minimum Gasteiger partial charge on any atom is -0.496 e. The number of likely N-dealkylation sites (tertiary alicyclic amines) is 1. The zero-order chi connectivity index (χ0) is 18.5. The molecule has 1 unspecified atom stereocenters. The molecule has 138 valence electrons. The first-order valence-corrected chi connectivity index (χ1v) is 9.30. The van der Waals surface area contributed by atoms with Crippen molar-refractivity contribution in [2.24, 2.45) is 5.92 Å². The molecule has 5 heteroatoms. The number of rotatable bonds is 6. The van der Waals surface area contributed by atoms with Crippen LogP contribution in [0, 0.1) is 5.92 Å². The summed E-state index contributed by atoms with van der Waals surface area (Å²) in [7, 11) is 1.69. The second kappa shape index (κ2) is 8.56. The lowest BCUT2D eigenvalue weighted by Gasteiger charge is -2.33. The van der Waals surface area contributed by atoms with Crippen LogP contribution in [0.25, 0.3) is 0 Å². The summed E-state index contributed by atoms with van der Waals surface area (Å²) in [4.78, 5) is 13.6. The molecule has 4 nitrogen and oxygen atoms in total. The van der Waals surface area contributed by atoms with Crippen LogP contribution in [0.1, 0.15) is 34.3 Å². The summed E-state index contributed by atoms with van der Waals surface area (Å²) in [5.41, 5.74) is 2.55. The molecule has 3 rings (SSSR count). The summed E-state index contributed by atoms with van der Waals surface area (Å²) >= 11 is 6.15. The van der Waals surface area contributed by atoms with Gasteiger partial charge in [-0.25, -0.2) is 4.79 Å². The van der Waals surface area contributed by atoms with Crippen molar-refractivity contribution in [1.29, 1.82) is 0 Å². The number of benzene rings is 2. The van der Waals surface area contributed by atoms with E-state index in [1.54, 1.807) is 19.2 Å². The van der Waals surface area contributed by atoms with E-state index in [1.165, 1.54) is 6.42 Å². The topological polar surface area (TPSA) is 49.8 Å². The van der Waals surface area contributed by atoms with Crippen molar-refractivity contribution in [3.05, 3.63) is 64.2 Å². The van der Waals surface area contributed by atoms with Gasteiger partial charge in [-0.1, -0.05) is 23.7 Å². The first kappa shape index (κ1) is 18.7. The summed E-state index contributed by atoms with van der Waals surface area (Å²) in [5.74, 6) is 0.552. The summed E-state index contributed by atoms with van der Waals surface area (Å²) < 4.78 is 5.47. The summed E-state index contributed by atoms with van der Waals surface area (Å²) in [6, 6.07) is 13.0. The molecule has 0 saturated carbocycles. The van der Waals surface area contributed by atoms with Crippen molar-refractivity contribution in [2.75, 3.05) is 20.2 Å². The van der Waals surface area contributed by atoms with Crippen LogP contribution in [0.5, 0.6) is 5.75 Å². The molecule has 1 aliphatic rings. The lowest BCUT2D eigenvalue weighted by atomic mass is 9.90. The van der Waals surface area contributed by atoms with Crippen molar-refractivity contribution in [1.82, 2.24) is 4.90 Å². The van der Waals surface area contributed by atoms with Gasteiger partial charge in [0, 0.05) is 18.1 Å². The third-order valence-electron chi connectivity index (χ3n) is 4.93. The molecule has 0 aliphatic carbocycles. The highest BCUT2D eigenvalue weighted by atomic mass is 35.5. The van der Waals surface area contributed by atoms with Gasteiger partial charge in [0.25, 0.3) is 0 Å². The smallest absolute Gasteiger partial charge is 0.335 e. The number of nitrogens with zero attached hydrogens (tertiary/aromatic N) is 1. The molecule has 2 aromatic carbocycles. The molecule has 1 fully saturated rings. The average Bonchev–Trinajstić information content (AvgIpc) is 2.62. The van der Waals surface area contributed by atoms with Crippen molar-refractivity contribution >= 4 is 17.6 Å². The molecule has 0 amide bonds. The molecule has 0 aromatic heterocycles. The molecule has 0 spiro atoms. The lowest BCUT2D eigenvalue weighted by molar-refractivity contribution is 0.0696. The normalized spacial score (nSPS) is 17.8. The minimum atomic E-state index is -0.878. The fourth-order valence-corrected chi connectivity index (χ4v) is 3.93. The molecule has 0 bridgehead atoms. The largest absolute Gasteiger partial charge is 0.496 e. The van der Waals surface area contributed by atoms with Gasteiger partial charge in [-0.05, 0) is 73.2 Å². The standard InChI is InChI=1S/C21H24ClNO3/c1-26-20-8-7-19(22)12-18(20)11-16-5-3-9-23(14-16)13-15-4-2-6-17(10-15)21(24)25/h2,4,6-8,10,12,16H,3,5,9,11,13-14H2,1H3,(H,24,25). The van der Waals surface area contributed by atoms with E-state index >= 15 is 0 Å². The zero-order valence-corrected chi connectivity index (χ0v) is 15.7. The van der Waals surface area contributed by atoms with Gasteiger partial charge in [0.1, 0.15) is 5.75 Å². The maximum atomic E-state index is 11.2. The Hall–Kier alpha value is -2.04. The van der Waals surface area contributed by atoms with E-state index in [1.807, 2.05) is 30.3 Å². The molecular weight excluding hydrogens is 350 g/mol. The van der Waals surface area contributed by atoms with E-state index in [0.717, 1.165) is 54.4 Å². The minimum absolute atomic E-state index is 0.347. The summed E-state index contributed by atoms with van der Waals surface area (Å²) in [6.07, 6.45) is 3.27. The van der Waals surface area contributed by atoms with Gasteiger partial charge < -0.3 is 9.84 Å². The molecule has 1 aliphatic heterocycles. The van der Waals surface area contributed by atoms with Crippen molar-refractivity contribution in [2.45, 2.75) is 25.8 Å². The van der Waals surface area contributed by atoms with E-state index in [2.05, 4.69) is 4.90 Å². The van der Waals surface area contributed by atoms with E-state index in [4.69, 9.17) is 21.4 Å². The number of carbonyl (C=O) groups is 1. The number of hydrogen-bond donors (Lipinski definition) is 1. The first-order chi connectivity index (χ1) is 12.5. The third-order valence-corrected chi connectivity index (χ3v) is 5.17. The van der Waals surface area contributed by atoms with Crippen molar-refractivity contribution in [3.8, 4) is 5.75 Å². The number of methoxy groups -OCH3 is 1. The van der Waals surface area contributed by atoms with E-state index in [9.17, 15) is 4.79 Å². The number of carboxylic acid groups (broad SMARTS) is 1. The molecule has 1 saturated heterocycles.